The molecule has 29 heavy (non-hydrogen) atoms. The van der Waals surface area contributed by atoms with Crippen LogP contribution < -0.4 is 10.9 Å². The van der Waals surface area contributed by atoms with E-state index in [9.17, 15) is 9.59 Å². The van der Waals surface area contributed by atoms with Gasteiger partial charge in [0.2, 0.25) is 11.0 Å². The summed E-state index contributed by atoms with van der Waals surface area (Å²) in [7, 11) is 0. The van der Waals surface area contributed by atoms with Crippen molar-refractivity contribution in [1.29, 1.82) is 0 Å². The average molecular weight is 428 g/mol. The zero-order valence-corrected chi connectivity index (χ0v) is 17.1. The highest BCUT2D eigenvalue weighted by Crippen LogP contribution is 2.22. The van der Waals surface area contributed by atoms with Crippen LogP contribution in [0.3, 0.4) is 0 Å². The highest BCUT2D eigenvalue weighted by atomic mass is 32.2. The Kier molecular flexibility index (Phi) is 5.67. The number of anilines is 1. The van der Waals surface area contributed by atoms with E-state index in [1.54, 1.807) is 0 Å². The van der Waals surface area contributed by atoms with Crippen LogP contribution >= 0.6 is 23.1 Å². The Hall–Kier alpha value is -3.05. The summed E-state index contributed by atoms with van der Waals surface area (Å²) in [4.78, 5) is 33.1. The highest BCUT2D eigenvalue weighted by molar-refractivity contribution is 7.99. The fourth-order valence-corrected chi connectivity index (χ4v) is 4.21. The van der Waals surface area contributed by atoms with Crippen molar-refractivity contribution in [3.8, 4) is 11.4 Å². The maximum absolute atomic E-state index is 12.3. The van der Waals surface area contributed by atoms with Gasteiger partial charge in [-0.15, -0.1) is 10.2 Å². The van der Waals surface area contributed by atoms with Crippen LogP contribution in [0.4, 0.5) is 5.13 Å². The molecule has 0 fully saturated rings. The number of hydrogen-bond acceptors (Lipinski definition) is 8. The predicted octanol–water partition coefficient (Wildman–Crippen LogP) is 2.62. The monoisotopic (exact) mass is 427 g/mol. The number of aromatic amines is 1. The first-order valence-corrected chi connectivity index (χ1v) is 10.7. The molecule has 1 aromatic carbocycles. The quantitative estimate of drug-likeness (QED) is 0.435. The Morgan fingerprint density at radius 1 is 1.24 bits per heavy atom. The van der Waals surface area contributed by atoms with E-state index < -0.39 is 0 Å². The molecule has 0 aliphatic heterocycles. The number of aromatic nitrogens is 6. The topological polar surface area (TPSA) is 118 Å². The number of nitrogens with one attached hydrogen (secondary N) is 2. The van der Waals surface area contributed by atoms with Gasteiger partial charge in [-0.2, -0.15) is 0 Å². The standard InChI is InChI=1S/C18H17N7O2S2/c1-2-6-15-22-23-17(29-15)20-14(27)10-28-18-21-16(11-7-4-3-5-8-11)19-12-9-13(26)24-25(12)18/h3-5,7-9H,2,6,10H2,1H3,(H,24,26)(H,20,23,27). The van der Waals surface area contributed by atoms with Gasteiger partial charge in [0.15, 0.2) is 16.6 Å². The summed E-state index contributed by atoms with van der Waals surface area (Å²) in [5, 5.41) is 15.3. The number of carbonyl (C=O) groups excluding carboxylic acids is 1. The molecule has 0 spiro atoms. The SMILES string of the molecule is CCCc1nnc(NC(=O)CSc2nc(-c3ccccc3)nc3cc(=O)[nH]n23)s1. The predicted molar refractivity (Wildman–Crippen MR) is 112 cm³/mol. The van der Waals surface area contributed by atoms with Gasteiger partial charge in [-0.25, -0.2) is 14.5 Å². The van der Waals surface area contributed by atoms with Gasteiger partial charge in [0.05, 0.1) is 5.75 Å². The Morgan fingerprint density at radius 2 is 2.07 bits per heavy atom. The van der Waals surface area contributed by atoms with Gasteiger partial charge < -0.3 is 0 Å². The maximum Gasteiger partial charge on any atom is 0.266 e. The molecule has 0 saturated heterocycles. The van der Waals surface area contributed by atoms with E-state index in [-0.39, 0.29) is 17.2 Å². The number of H-pyrrole nitrogens is 1. The molecule has 0 unspecified atom stereocenters. The number of carbonyl (C=O) groups is 1. The summed E-state index contributed by atoms with van der Waals surface area (Å²) in [5.74, 6) is 0.362. The van der Waals surface area contributed by atoms with Crippen LogP contribution in [0, 0.1) is 0 Å². The molecule has 1 amide bonds. The molecule has 0 bridgehead atoms. The largest absolute Gasteiger partial charge is 0.300 e. The lowest BCUT2D eigenvalue weighted by Crippen LogP contribution is -2.15. The van der Waals surface area contributed by atoms with Crippen molar-refractivity contribution >= 4 is 39.8 Å². The minimum atomic E-state index is -0.284. The number of amides is 1. The Balaban J connectivity index is 1.53. The van der Waals surface area contributed by atoms with Crippen LogP contribution in [0.1, 0.15) is 18.4 Å². The lowest BCUT2D eigenvalue weighted by atomic mass is 10.2. The van der Waals surface area contributed by atoms with Crippen LogP contribution in [0.25, 0.3) is 17.0 Å². The van der Waals surface area contributed by atoms with E-state index in [0.29, 0.717) is 21.8 Å². The van der Waals surface area contributed by atoms with Gasteiger partial charge in [0.1, 0.15) is 5.01 Å². The van der Waals surface area contributed by atoms with E-state index in [1.165, 1.54) is 33.7 Å². The molecule has 2 N–H and O–H groups in total. The summed E-state index contributed by atoms with van der Waals surface area (Å²) < 4.78 is 1.48. The first-order valence-electron chi connectivity index (χ1n) is 8.92. The third-order valence-corrected chi connectivity index (χ3v) is 5.70. The lowest BCUT2D eigenvalue weighted by molar-refractivity contribution is -0.113. The normalized spacial score (nSPS) is 11.1. The van der Waals surface area contributed by atoms with E-state index in [2.05, 4.69) is 37.5 Å². The fourth-order valence-electron chi connectivity index (χ4n) is 2.60. The maximum atomic E-state index is 12.3. The molecule has 11 heteroatoms. The van der Waals surface area contributed by atoms with Crippen molar-refractivity contribution in [2.45, 2.75) is 24.9 Å². The molecule has 0 aliphatic carbocycles. The van der Waals surface area contributed by atoms with Gasteiger partial charge in [0.25, 0.3) is 5.56 Å². The van der Waals surface area contributed by atoms with Crippen molar-refractivity contribution in [2.24, 2.45) is 0 Å². The molecule has 4 rings (SSSR count). The zero-order valence-electron chi connectivity index (χ0n) is 15.5. The fraction of sp³-hybridized carbons (Fsp3) is 0.222. The van der Waals surface area contributed by atoms with Gasteiger partial charge in [-0.1, -0.05) is 60.4 Å². The van der Waals surface area contributed by atoms with Crippen molar-refractivity contribution in [2.75, 3.05) is 11.1 Å². The van der Waals surface area contributed by atoms with Crippen molar-refractivity contribution < 1.29 is 4.79 Å². The number of hydrogen-bond donors (Lipinski definition) is 2. The number of thioether (sulfide) groups is 1. The molecule has 3 heterocycles. The molecule has 0 atom stereocenters. The van der Waals surface area contributed by atoms with Crippen molar-refractivity contribution in [3.05, 3.63) is 51.8 Å². The Labute approximate surface area is 173 Å². The first-order chi connectivity index (χ1) is 14.1. The van der Waals surface area contributed by atoms with Gasteiger partial charge in [-0.3, -0.25) is 20.0 Å². The third-order valence-electron chi connectivity index (χ3n) is 3.87. The molecular weight excluding hydrogens is 410 g/mol. The molecule has 148 valence electrons. The Bertz CT molecular complexity index is 1200. The molecule has 0 radical (unpaired) electrons. The second-order valence-electron chi connectivity index (χ2n) is 6.10. The molecular formula is C18H17N7O2S2. The minimum Gasteiger partial charge on any atom is -0.300 e. The summed E-state index contributed by atoms with van der Waals surface area (Å²) in [6.07, 6.45) is 1.81. The van der Waals surface area contributed by atoms with E-state index in [0.717, 1.165) is 23.4 Å². The smallest absolute Gasteiger partial charge is 0.266 e. The number of benzene rings is 1. The number of rotatable bonds is 7. The second kappa shape index (κ2) is 8.53. The zero-order chi connectivity index (χ0) is 20.2. The second-order valence-corrected chi connectivity index (χ2v) is 8.10. The van der Waals surface area contributed by atoms with Crippen LogP contribution in [0.15, 0.2) is 46.3 Å². The van der Waals surface area contributed by atoms with Gasteiger partial charge >= 0.3 is 0 Å². The van der Waals surface area contributed by atoms with E-state index >= 15 is 0 Å². The van der Waals surface area contributed by atoms with Crippen molar-refractivity contribution in [3.63, 3.8) is 0 Å². The molecule has 0 aliphatic rings. The minimum absolute atomic E-state index is 0.100. The highest BCUT2D eigenvalue weighted by Gasteiger charge is 2.14. The number of aryl methyl sites for hydroxylation is 1. The van der Waals surface area contributed by atoms with Crippen LogP contribution in [0.2, 0.25) is 0 Å². The number of fused-ring (bicyclic) bond motifs is 1. The summed E-state index contributed by atoms with van der Waals surface area (Å²) >= 11 is 2.57. The first kappa shape index (κ1) is 19.3. The molecule has 0 saturated carbocycles. The summed E-state index contributed by atoms with van der Waals surface area (Å²) in [6.45, 7) is 2.06. The molecule has 4 aromatic rings. The summed E-state index contributed by atoms with van der Waals surface area (Å²) in [5.41, 5.74) is 0.987. The van der Waals surface area contributed by atoms with Gasteiger partial charge in [0, 0.05) is 18.1 Å². The van der Waals surface area contributed by atoms with Crippen LogP contribution in [0.5, 0.6) is 0 Å². The average Bonchev–Trinajstić information content (AvgIpc) is 3.32. The number of nitrogens with zero attached hydrogens (tertiary/aromatic N) is 5. The van der Waals surface area contributed by atoms with Crippen LogP contribution in [-0.4, -0.2) is 41.4 Å². The molecule has 3 aromatic heterocycles. The van der Waals surface area contributed by atoms with Crippen LogP contribution in [-0.2, 0) is 11.2 Å². The van der Waals surface area contributed by atoms with Gasteiger partial charge in [-0.05, 0) is 6.42 Å². The lowest BCUT2D eigenvalue weighted by Gasteiger charge is -2.07. The van der Waals surface area contributed by atoms with E-state index in [1.807, 2.05) is 30.3 Å². The summed E-state index contributed by atoms with van der Waals surface area (Å²) in [6, 6.07) is 10.9. The van der Waals surface area contributed by atoms with E-state index in [4.69, 9.17) is 0 Å². The third kappa shape index (κ3) is 4.51. The van der Waals surface area contributed by atoms with Crippen molar-refractivity contribution in [1.82, 2.24) is 29.8 Å². The Morgan fingerprint density at radius 3 is 2.86 bits per heavy atom. The molecule has 9 nitrogen and oxygen atoms in total.